The molecule has 0 bridgehead atoms. The summed E-state index contributed by atoms with van der Waals surface area (Å²) in [5, 5.41) is 3.23. The predicted molar refractivity (Wildman–Crippen MR) is 120 cm³/mol. The van der Waals surface area contributed by atoms with Gasteiger partial charge in [0.25, 0.3) is 5.91 Å². The molecule has 0 aromatic heterocycles. The summed E-state index contributed by atoms with van der Waals surface area (Å²) >= 11 is 0. The van der Waals surface area contributed by atoms with Gasteiger partial charge < -0.3 is 19.9 Å². The minimum Gasteiger partial charge on any atom is -0.497 e. The molecule has 30 heavy (non-hydrogen) atoms. The number of nitrogens with zero attached hydrogens (tertiary/aromatic N) is 4. The third-order valence-corrected chi connectivity index (χ3v) is 5.51. The van der Waals surface area contributed by atoms with Gasteiger partial charge in [-0.15, -0.1) is 0 Å². The maximum absolute atomic E-state index is 12.8. The molecule has 2 heterocycles. The molecule has 0 aliphatic carbocycles. The lowest BCUT2D eigenvalue weighted by molar-refractivity contribution is 0.0664. The number of methoxy groups -OCH3 is 1. The van der Waals surface area contributed by atoms with Crippen molar-refractivity contribution in [1.29, 1.82) is 0 Å². The molecule has 4 rings (SSSR count). The van der Waals surface area contributed by atoms with Gasteiger partial charge in [0.2, 0.25) is 5.96 Å². The van der Waals surface area contributed by atoms with Crippen molar-refractivity contribution >= 4 is 23.8 Å². The lowest BCUT2D eigenvalue weighted by atomic mass is 10.00. The fraction of sp³-hybridized carbons (Fsp3) is 0.348. The fourth-order valence-electron chi connectivity index (χ4n) is 3.60. The number of nitrogens with one attached hydrogen (secondary N) is 1. The van der Waals surface area contributed by atoms with Crippen molar-refractivity contribution < 1.29 is 9.53 Å². The summed E-state index contributed by atoms with van der Waals surface area (Å²) in [5.74, 6) is 1.61. The first kappa shape index (κ1) is 20.1. The van der Waals surface area contributed by atoms with E-state index in [1.165, 1.54) is 0 Å². The average Bonchev–Trinajstić information content (AvgIpc) is 2.80. The van der Waals surface area contributed by atoms with Crippen molar-refractivity contribution in [3.63, 3.8) is 0 Å². The molecule has 1 fully saturated rings. The third kappa shape index (κ3) is 4.68. The number of amides is 1. The van der Waals surface area contributed by atoms with Crippen molar-refractivity contribution in [1.82, 2.24) is 9.80 Å². The van der Waals surface area contributed by atoms with Crippen LogP contribution in [0.3, 0.4) is 0 Å². The van der Waals surface area contributed by atoms with Crippen LogP contribution in [0.2, 0.25) is 0 Å². The van der Waals surface area contributed by atoms with Gasteiger partial charge in [0.15, 0.2) is 0 Å². The van der Waals surface area contributed by atoms with E-state index in [0.717, 1.165) is 43.2 Å². The highest BCUT2D eigenvalue weighted by Crippen LogP contribution is 2.21. The first-order valence-electron chi connectivity index (χ1n) is 10.2. The van der Waals surface area contributed by atoms with Crippen molar-refractivity contribution in [2.24, 2.45) is 9.98 Å². The van der Waals surface area contributed by atoms with Crippen LogP contribution < -0.4 is 10.1 Å². The van der Waals surface area contributed by atoms with Gasteiger partial charge in [-0.1, -0.05) is 18.2 Å². The quantitative estimate of drug-likeness (QED) is 0.849. The van der Waals surface area contributed by atoms with Crippen LogP contribution >= 0.6 is 0 Å². The molecule has 2 aromatic rings. The number of carbonyl (C=O) groups is 1. The number of ether oxygens (including phenoxy) is 1. The largest absolute Gasteiger partial charge is 0.497 e. The zero-order valence-corrected chi connectivity index (χ0v) is 17.4. The fourth-order valence-corrected chi connectivity index (χ4v) is 3.60. The van der Waals surface area contributed by atoms with Gasteiger partial charge >= 0.3 is 0 Å². The maximum Gasteiger partial charge on any atom is 0.254 e. The number of rotatable bonds is 4. The molecule has 7 nitrogen and oxygen atoms in total. The number of hydrogen-bond acceptors (Lipinski definition) is 6. The third-order valence-electron chi connectivity index (χ3n) is 5.51. The van der Waals surface area contributed by atoms with Gasteiger partial charge in [-0.2, -0.15) is 0 Å². The van der Waals surface area contributed by atoms with E-state index in [9.17, 15) is 4.79 Å². The molecule has 1 N–H and O–H groups in total. The Balaban J connectivity index is 1.38. The molecule has 1 unspecified atom stereocenters. The van der Waals surface area contributed by atoms with Crippen molar-refractivity contribution in [2.75, 3.05) is 52.2 Å². The highest BCUT2D eigenvalue weighted by molar-refractivity contribution is 6.02. The number of aliphatic imine (C=N–C) groups is 2. The monoisotopic (exact) mass is 405 g/mol. The van der Waals surface area contributed by atoms with Gasteiger partial charge in [0.1, 0.15) is 5.75 Å². The van der Waals surface area contributed by atoms with Gasteiger partial charge in [-0.25, -0.2) is 4.99 Å². The summed E-state index contributed by atoms with van der Waals surface area (Å²) in [4.78, 5) is 26.0. The molecular weight excluding hydrogens is 378 g/mol. The topological polar surface area (TPSA) is 69.5 Å². The molecule has 1 atom stereocenters. The van der Waals surface area contributed by atoms with Crippen LogP contribution in [0.5, 0.6) is 5.75 Å². The molecule has 0 spiro atoms. The number of carbonyl (C=O) groups excluding carboxylic acids is 1. The minimum atomic E-state index is 0.0698. The Morgan fingerprint density at radius 1 is 1.10 bits per heavy atom. The normalized spacial score (nSPS) is 19.3. The van der Waals surface area contributed by atoms with Crippen LogP contribution in [0, 0.1) is 0 Å². The summed E-state index contributed by atoms with van der Waals surface area (Å²) in [6.07, 6.45) is 1.91. The molecule has 2 aromatic carbocycles. The molecule has 156 valence electrons. The van der Waals surface area contributed by atoms with Gasteiger partial charge in [-0.05, 0) is 42.9 Å². The lowest BCUT2D eigenvalue weighted by Crippen LogP contribution is -2.47. The number of anilines is 1. The summed E-state index contributed by atoms with van der Waals surface area (Å²) in [6, 6.07) is 15.5. The summed E-state index contributed by atoms with van der Waals surface area (Å²) in [7, 11) is 3.74. The first-order valence-corrected chi connectivity index (χ1v) is 10.2. The first-order chi connectivity index (χ1) is 14.6. The Kier molecular flexibility index (Phi) is 6.09. The zero-order chi connectivity index (χ0) is 20.9. The Morgan fingerprint density at radius 3 is 2.53 bits per heavy atom. The summed E-state index contributed by atoms with van der Waals surface area (Å²) < 4.78 is 5.21. The highest BCUT2D eigenvalue weighted by Gasteiger charge is 2.20. The van der Waals surface area contributed by atoms with Crippen molar-refractivity contribution in [3.05, 3.63) is 59.7 Å². The second-order valence-electron chi connectivity index (χ2n) is 7.62. The number of benzene rings is 2. The maximum atomic E-state index is 12.8. The van der Waals surface area contributed by atoms with Crippen LogP contribution in [0.25, 0.3) is 0 Å². The van der Waals surface area contributed by atoms with Crippen LogP contribution in [-0.4, -0.2) is 74.8 Å². The van der Waals surface area contributed by atoms with Crippen molar-refractivity contribution in [3.8, 4) is 5.75 Å². The van der Waals surface area contributed by atoms with E-state index in [1.807, 2.05) is 59.6 Å². The number of piperazine rings is 1. The van der Waals surface area contributed by atoms with E-state index < -0.39 is 0 Å². The average molecular weight is 406 g/mol. The highest BCUT2D eigenvalue weighted by atomic mass is 16.5. The second-order valence-corrected chi connectivity index (χ2v) is 7.62. The van der Waals surface area contributed by atoms with E-state index in [0.29, 0.717) is 18.1 Å². The Labute approximate surface area is 177 Å². The molecular formula is C23H27N5O2. The van der Waals surface area contributed by atoms with E-state index in [-0.39, 0.29) is 11.8 Å². The van der Waals surface area contributed by atoms with Gasteiger partial charge in [0, 0.05) is 49.6 Å². The van der Waals surface area contributed by atoms with Gasteiger partial charge in [-0.3, -0.25) is 9.79 Å². The van der Waals surface area contributed by atoms with E-state index in [2.05, 4.69) is 27.2 Å². The van der Waals surface area contributed by atoms with Crippen LogP contribution in [0.15, 0.2) is 58.5 Å². The van der Waals surface area contributed by atoms with Crippen LogP contribution in [0.4, 0.5) is 5.69 Å². The molecule has 1 amide bonds. The SMILES string of the molecule is COc1ccc(C2C=NC(Nc3cccc(C(=O)N4CCN(C)CC4)c3)=NC2)cc1. The number of guanidine groups is 1. The molecule has 7 heteroatoms. The molecule has 0 saturated carbocycles. The predicted octanol–water partition coefficient (Wildman–Crippen LogP) is 2.72. The molecule has 1 saturated heterocycles. The Bertz CT molecular complexity index is 946. The lowest BCUT2D eigenvalue weighted by Gasteiger charge is -2.32. The Morgan fingerprint density at radius 2 is 1.87 bits per heavy atom. The molecule has 2 aliphatic heterocycles. The zero-order valence-electron chi connectivity index (χ0n) is 17.4. The van der Waals surface area contributed by atoms with Crippen LogP contribution in [-0.2, 0) is 0 Å². The van der Waals surface area contributed by atoms with E-state index >= 15 is 0 Å². The summed E-state index contributed by atoms with van der Waals surface area (Å²) in [5.41, 5.74) is 2.65. The molecule has 0 radical (unpaired) electrons. The number of hydrogen-bond donors (Lipinski definition) is 1. The molecule has 2 aliphatic rings. The number of likely N-dealkylation sites (N-methyl/N-ethyl adjacent to an activating group) is 1. The van der Waals surface area contributed by atoms with Crippen molar-refractivity contribution in [2.45, 2.75) is 5.92 Å². The van der Waals surface area contributed by atoms with E-state index in [1.54, 1.807) is 7.11 Å². The second kappa shape index (κ2) is 9.09. The smallest absolute Gasteiger partial charge is 0.254 e. The summed E-state index contributed by atoms with van der Waals surface area (Å²) in [6.45, 7) is 3.96. The van der Waals surface area contributed by atoms with Gasteiger partial charge in [0.05, 0.1) is 13.7 Å². The Hall–Kier alpha value is -3.19. The minimum absolute atomic E-state index is 0.0698. The van der Waals surface area contributed by atoms with Crippen LogP contribution in [0.1, 0.15) is 21.8 Å². The van der Waals surface area contributed by atoms with E-state index in [4.69, 9.17) is 4.74 Å². The standard InChI is InChI=1S/C23H27N5O2/c1-27-10-12-28(13-11-27)22(29)18-4-3-5-20(14-18)26-23-24-15-19(16-25-23)17-6-8-21(30-2)9-7-17/h3-9,14-15,19H,10-13,16H2,1-2H3,(H,25,26).